The van der Waals surface area contributed by atoms with E-state index in [1.165, 1.54) is 25.3 Å². The van der Waals surface area contributed by atoms with Gasteiger partial charge in [0.1, 0.15) is 11.6 Å². The number of halogens is 2. The first-order chi connectivity index (χ1) is 10.0. The van der Waals surface area contributed by atoms with Gasteiger partial charge in [0.25, 0.3) is 0 Å². The third kappa shape index (κ3) is 3.27. The van der Waals surface area contributed by atoms with Crippen LogP contribution in [0.3, 0.4) is 0 Å². The van der Waals surface area contributed by atoms with E-state index in [1.807, 2.05) is 7.05 Å². The number of nitrogens with zero attached hydrogens (tertiary/aromatic N) is 1. The summed E-state index contributed by atoms with van der Waals surface area (Å²) in [7, 11) is 1.85. The van der Waals surface area contributed by atoms with E-state index in [-0.39, 0.29) is 11.6 Å². The Bertz CT molecular complexity index is 472. The van der Waals surface area contributed by atoms with Gasteiger partial charge in [-0.2, -0.15) is 0 Å². The molecular weight excluding hydrogens is 270 g/mol. The normalized spacial score (nSPS) is 21.0. The van der Waals surface area contributed by atoms with Crippen molar-refractivity contribution in [1.29, 1.82) is 0 Å². The molecule has 1 N–H and O–H groups in total. The van der Waals surface area contributed by atoms with E-state index in [0.29, 0.717) is 5.56 Å². The highest BCUT2D eigenvalue weighted by Crippen LogP contribution is 2.36. The minimum absolute atomic E-state index is 0.152. The van der Waals surface area contributed by atoms with E-state index in [2.05, 4.69) is 24.1 Å². The Morgan fingerprint density at radius 2 is 1.90 bits per heavy atom. The van der Waals surface area contributed by atoms with E-state index >= 15 is 0 Å². The Labute approximate surface area is 126 Å². The van der Waals surface area contributed by atoms with E-state index in [9.17, 15) is 8.78 Å². The van der Waals surface area contributed by atoms with Crippen LogP contribution in [0.4, 0.5) is 8.78 Å². The van der Waals surface area contributed by atoms with Crippen molar-refractivity contribution in [1.82, 2.24) is 10.2 Å². The van der Waals surface area contributed by atoms with Crippen LogP contribution in [-0.2, 0) is 0 Å². The number of hydrogen-bond donors (Lipinski definition) is 1. The Kier molecular flexibility index (Phi) is 5.33. The first-order valence-electron chi connectivity index (χ1n) is 7.90. The maximum atomic E-state index is 14.2. The second-order valence-electron chi connectivity index (χ2n) is 6.15. The standard InChI is InChI=1S/C17H26F2N2/c1-4-17(2,21-10-6-5-7-11-21)16(20-3)14-9-8-13(18)12-15(14)19/h8-9,12,16,20H,4-7,10-11H2,1-3H3. The van der Waals surface area contributed by atoms with Crippen molar-refractivity contribution in [2.24, 2.45) is 0 Å². The average Bonchev–Trinajstić information content (AvgIpc) is 2.50. The summed E-state index contributed by atoms with van der Waals surface area (Å²) in [6.45, 7) is 6.42. The zero-order valence-corrected chi connectivity index (χ0v) is 13.3. The quantitative estimate of drug-likeness (QED) is 0.887. The van der Waals surface area contributed by atoms with Crippen LogP contribution in [0.25, 0.3) is 0 Å². The van der Waals surface area contributed by atoms with Gasteiger partial charge in [0.05, 0.1) is 6.04 Å². The molecule has 0 bridgehead atoms. The molecule has 2 unspecified atom stereocenters. The van der Waals surface area contributed by atoms with Gasteiger partial charge in [-0.25, -0.2) is 8.78 Å². The number of benzene rings is 1. The van der Waals surface area contributed by atoms with E-state index < -0.39 is 11.6 Å². The Balaban J connectivity index is 2.35. The average molecular weight is 296 g/mol. The topological polar surface area (TPSA) is 15.3 Å². The Hall–Kier alpha value is -1.00. The molecule has 2 atom stereocenters. The molecule has 1 aromatic rings. The number of nitrogens with one attached hydrogen (secondary N) is 1. The third-order valence-corrected chi connectivity index (χ3v) is 4.98. The van der Waals surface area contributed by atoms with Gasteiger partial charge in [-0.1, -0.05) is 19.4 Å². The van der Waals surface area contributed by atoms with Crippen LogP contribution in [0.15, 0.2) is 18.2 Å². The SMILES string of the molecule is CCC(C)(C(NC)c1ccc(F)cc1F)N1CCCCC1. The van der Waals surface area contributed by atoms with Crippen molar-refractivity contribution in [2.45, 2.75) is 51.1 Å². The van der Waals surface area contributed by atoms with Crippen molar-refractivity contribution < 1.29 is 8.78 Å². The summed E-state index contributed by atoms with van der Waals surface area (Å²) in [5, 5.41) is 3.26. The molecule has 0 aliphatic carbocycles. The van der Waals surface area contributed by atoms with Gasteiger partial charge in [0, 0.05) is 17.2 Å². The molecule has 1 saturated heterocycles. The van der Waals surface area contributed by atoms with Gasteiger partial charge in [-0.15, -0.1) is 0 Å². The van der Waals surface area contributed by atoms with Crippen molar-refractivity contribution in [3.8, 4) is 0 Å². The van der Waals surface area contributed by atoms with Crippen molar-refractivity contribution in [3.05, 3.63) is 35.4 Å². The van der Waals surface area contributed by atoms with Gasteiger partial charge in [0.15, 0.2) is 0 Å². The minimum atomic E-state index is -0.526. The summed E-state index contributed by atoms with van der Waals surface area (Å²) in [6, 6.07) is 3.74. The van der Waals surface area contributed by atoms with E-state index in [1.54, 1.807) is 6.07 Å². The van der Waals surface area contributed by atoms with Crippen LogP contribution in [0.1, 0.15) is 51.1 Å². The predicted octanol–water partition coefficient (Wildman–Crippen LogP) is 3.88. The summed E-state index contributed by atoms with van der Waals surface area (Å²) in [5.74, 6) is -0.992. The first kappa shape index (κ1) is 16.4. The lowest BCUT2D eigenvalue weighted by atomic mass is 9.81. The molecule has 1 heterocycles. The number of rotatable bonds is 5. The van der Waals surface area contributed by atoms with E-state index in [0.717, 1.165) is 25.6 Å². The monoisotopic (exact) mass is 296 g/mol. The van der Waals surface area contributed by atoms with Crippen molar-refractivity contribution in [2.75, 3.05) is 20.1 Å². The molecule has 1 aliphatic heterocycles. The van der Waals surface area contributed by atoms with Gasteiger partial charge in [-0.05, 0) is 52.4 Å². The molecule has 2 nitrogen and oxygen atoms in total. The van der Waals surface area contributed by atoms with Crippen LogP contribution in [-0.4, -0.2) is 30.6 Å². The largest absolute Gasteiger partial charge is 0.311 e. The zero-order chi connectivity index (χ0) is 15.5. The second-order valence-corrected chi connectivity index (χ2v) is 6.15. The zero-order valence-electron chi connectivity index (χ0n) is 13.3. The predicted molar refractivity (Wildman–Crippen MR) is 82.3 cm³/mol. The minimum Gasteiger partial charge on any atom is -0.311 e. The number of likely N-dealkylation sites (N-methyl/N-ethyl adjacent to an activating group) is 1. The molecule has 2 rings (SSSR count). The molecule has 0 aromatic heterocycles. The summed E-state index contributed by atoms with van der Waals surface area (Å²) in [6.07, 6.45) is 4.57. The van der Waals surface area contributed by atoms with Crippen LogP contribution in [0, 0.1) is 11.6 Å². The summed E-state index contributed by atoms with van der Waals surface area (Å²) in [4.78, 5) is 2.46. The van der Waals surface area contributed by atoms with Crippen LogP contribution in [0.2, 0.25) is 0 Å². The molecular formula is C17H26F2N2. The molecule has 0 radical (unpaired) electrons. The number of hydrogen-bond acceptors (Lipinski definition) is 2. The van der Waals surface area contributed by atoms with Crippen LogP contribution >= 0.6 is 0 Å². The molecule has 0 amide bonds. The fourth-order valence-corrected chi connectivity index (χ4v) is 3.55. The molecule has 1 aromatic carbocycles. The molecule has 0 saturated carbocycles. The highest BCUT2D eigenvalue weighted by Gasteiger charge is 2.39. The van der Waals surface area contributed by atoms with Gasteiger partial charge in [-0.3, -0.25) is 4.90 Å². The van der Waals surface area contributed by atoms with Gasteiger partial charge < -0.3 is 5.32 Å². The lowest BCUT2D eigenvalue weighted by Gasteiger charge is -2.48. The Morgan fingerprint density at radius 1 is 1.24 bits per heavy atom. The summed E-state index contributed by atoms with van der Waals surface area (Å²) < 4.78 is 27.4. The van der Waals surface area contributed by atoms with Gasteiger partial charge in [0.2, 0.25) is 0 Å². The molecule has 1 aliphatic rings. The smallest absolute Gasteiger partial charge is 0.130 e. The van der Waals surface area contributed by atoms with Crippen LogP contribution in [0.5, 0.6) is 0 Å². The molecule has 118 valence electrons. The fraction of sp³-hybridized carbons (Fsp3) is 0.647. The highest BCUT2D eigenvalue weighted by atomic mass is 19.1. The molecule has 21 heavy (non-hydrogen) atoms. The molecule has 0 spiro atoms. The lowest BCUT2D eigenvalue weighted by Crippen LogP contribution is -2.55. The maximum Gasteiger partial charge on any atom is 0.130 e. The Morgan fingerprint density at radius 3 is 2.43 bits per heavy atom. The second kappa shape index (κ2) is 6.84. The van der Waals surface area contributed by atoms with Gasteiger partial charge >= 0.3 is 0 Å². The van der Waals surface area contributed by atoms with E-state index in [4.69, 9.17) is 0 Å². The van der Waals surface area contributed by atoms with Crippen molar-refractivity contribution in [3.63, 3.8) is 0 Å². The molecule has 4 heteroatoms. The maximum absolute atomic E-state index is 14.2. The third-order valence-electron chi connectivity index (χ3n) is 4.98. The number of likely N-dealkylation sites (tertiary alicyclic amines) is 1. The van der Waals surface area contributed by atoms with Crippen LogP contribution < -0.4 is 5.32 Å². The summed E-state index contributed by atoms with van der Waals surface area (Å²) in [5.41, 5.74) is 0.377. The van der Waals surface area contributed by atoms with Crippen molar-refractivity contribution >= 4 is 0 Å². The number of piperidine rings is 1. The fourth-order valence-electron chi connectivity index (χ4n) is 3.55. The molecule has 1 fully saturated rings. The summed E-state index contributed by atoms with van der Waals surface area (Å²) >= 11 is 0. The lowest BCUT2D eigenvalue weighted by molar-refractivity contribution is 0.0437. The highest BCUT2D eigenvalue weighted by molar-refractivity contribution is 5.26. The first-order valence-corrected chi connectivity index (χ1v) is 7.90.